The average molecular weight is 498 g/mol. The van der Waals surface area contributed by atoms with E-state index in [0.717, 1.165) is 23.1 Å². The lowest BCUT2D eigenvalue weighted by Crippen LogP contribution is -2.38. The Labute approximate surface area is 172 Å². The number of aromatic nitrogens is 1. The summed E-state index contributed by atoms with van der Waals surface area (Å²) in [6, 6.07) is 8.29. The number of thiazole rings is 1. The summed E-state index contributed by atoms with van der Waals surface area (Å²) in [6.07, 6.45) is -3.57. The minimum absolute atomic E-state index is 0. The molecular weight excluding hydrogens is 476 g/mol. The van der Waals surface area contributed by atoms with Gasteiger partial charge >= 0.3 is 6.18 Å². The molecule has 0 atom stereocenters. The van der Waals surface area contributed by atoms with Gasteiger partial charge in [-0.2, -0.15) is 13.2 Å². The van der Waals surface area contributed by atoms with Gasteiger partial charge in [-0.15, -0.1) is 35.3 Å². The molecule has 0 fully saturated rings. The van der Waals surface area contributed by atoms with Crippen LogP contribution < -0.4 is 10.6 Å². The molecule has 0 spiro atoms. The second-order valence-electron chi connectivity index (χ2n) is 5.48. The fourth-order valence-corrected chi connectivity index (χ4v) is 2.81. The number of nitrogens with zero attached hydrogens (tertiary/aromatic N) is 2. The van der Waals surface area contributed by atoms with Gasteiger partial charge in [0.05, 0.1) is 6.54 Å². The molecule has 0 amide bonds. The second-order valence-corrected chi connectivity index (χ2v) is 6.42. The zero-order valence-corrected chi connectivity index (χ0v) is 17.7. The van der Waals surface area contributed by atoms with Crippen LogP contribution in [0.15, 0.2) is 34.6 Å². The van der Waals surface area contributed by atoms with Gasteiger partial charge in [0.1, 0.15) is 5.01 Å². The van der Waals surface area contributed by atoms with Crippen LogP contribution in [0.1, 0.15) is 28.8 Å². The van der Waals surface area contributed by atoms with E-state index in [9.17, 15) is 13.2 Å². The number of rotatable bonds is 6. The number of aliphatic imine (C=N–C) groups is 1. The lowest BCUT2D eigenvalue weighted by atomic mass is 10.1. The van der Waals surface area contributed by atoms with Crippen LogP contribution >= 0.6 is 35.3 Å². The first kappa shape index (κ1) is 22.7. The number of nitrogens with one attached hydrogen (secondary N) is 2. The zero-order chi connectivity index (χ0) is 18.3. The number of aryl methyl sites for hydroxylation is 1. The average Bonchev–Trinajstić information content (AvgIpc) is 3.04. The fraction of sp³-hybridized carbons (Fsp3) is 0.412. The number of benzene rings is 1. The van der Waals surface area contributed by atoms with E-state index < -0.39 is 11.9 Å². The first-order valence-electron chi connectivity index (χ1n) is 7.98. The Morgan fingerprint density at radius 1 is 1.19 bits per heavy atom. The summed E-state index contributed by atoms with van der Waals surface area (Å²) in [7, 11) is 0. The lowest BCUT2D eigenvalue weighted by molar-refractivity contribution is -0.140. The predicted octanol–water partition coefficient (Wildman–Crippen LogP) is 4.39. The molecule has 0 bridgehead atoms. The third-order valence-electron chi connectivity index (χ3n) is 3.39. The lowest BCUT2D eigenvalue weighted by Gasteiger charge is -2.11. The molecule has 2 aromatic rings. The third kappa shape index (κ3) is 7.48. The second kappa shape index (κ2) is 10.7. The Balaban J connectivity index is 0.00000338. The van der Waals surface area contributed by atoms with Gasteiger partial charge in [0.2, 0.25) is 0 Å². The summed E-state index contributed by atoms with van der Waals surface area (Å²) in [5.74, 6) is 0.568. The van der Waals surface area contributed by atoms with Crippen molar-refractivity contribution in [1.29, 1.82) is 0 Å². The molecule has 9 heteroatoms. The molecule has 0 saturated carbocycles. The molecule has 0 radical (unpaired) electrons. The maximum Gasteiger partial charge on any atom is 0.434 e. The van der Waals surface area contributed by atoms with Crippen molar-refractivity contribution in [2.45, 2.75) is 33.0 Å². The summed E-state index contributed by atoms with van der Waals surface area (Å²) in [5, 5.41) is 7.62. The van der Waals surface area contributed by atoms with Crippen molar-refractivity contribution in [3.8, 4) is 0 Å². The predicted molar refractivity (Wildman–Crippen MR) is 110 cm³/mol. The van der Waals surface area contributed by atoms with Crippen molar-refractivity contribution in [1.82, 2.24) is 15.6 Å². The molecule has 2 N–H and O–H groups in total. The van der Waals surface area contributed by atoms with E-state index in [2.05, 4.69) is 44.9 Å². The molecule has 4 nitrogen and oxygen atoms in total. The summed E-state index contributed by atoms with van der Waals surface area (Å²) in [6.45, 7) is 5.44. The Hall–Kier alpha value is -1.36. The van der Waals surface area contributed by atoms with Gasteiger partial charge in [0, 0.05) is 18.5 Å². The Bertz CT molecular complexity index is 699. The molecule has 2 rings (SSSR count). The molecule has 0 aliphatic rings. The van der Waals surface area contributed by atoms with Crippen molar-refractivity contribution in [2.75, 3.05) is 13.1 Å². The van der Waals surface area contributed by atoms with Gasteiger partial charge < -0.3 is 10.6 Å². The first-order chi connectivity index (χ1) is 11.9. The van der Waals surface area contributed by atoms with Gasteiger partial charge in [0.25, 0.3) is 0 Å². The van der Waals surface area contributed by atoms with Gasteiger partial charge in [-0.1, -0.05) is 29.8 Å². The SMILES string of the molecule is CCNC(=NCc1nc(C(F)(F)F)cs1)NCCc1ccc(C)cc1.I. The van der Waals surface area contributed by atoms with Crippen LogP contribution in [0.25, 0.3) is 0 Å². The highest BCUT2D eigenvalue weighted by atomic mass is 127. The van der Waals surface area contributed by atoms with Crippen molar-refractivity contribution in [3.05, 3.63) is 51.5 Å². The molecule has 1 aromatic heterocycles. The fourth-order valence-electron chi connectivity index (χ4n) is 2.08. The zero-order valence-electron chi connectivity index (χ0n) is 14.6. The minimum Gasteiger partial charge on any atom is -0.357 e. The van der Waals surface area contributed by atoms with Crippen molar-refractivity contribution >= 4 is 41.3 Å². The van der Waals surface area contributed by atoms with E-state index >= 15 is 0 Å². The van der Waals surface area contributed by atoms with E-state index in [0.29, 0.717) is 24.1 Å². The van der Waals surface area contributed by atoms with E-state index in [1.54, 1.807) is 0 Å². The number of guanidine groups is 1. The molecule has 0 unspecified atom stereocenters. The standard InChI is InChI=1S/C17H21F3N4S.HI/c1-3-21-16(22-9-8-13-6-4-12(2)5-7-13)23-10-15-24-14(11-25-15)17(18,19)20;/h4-7,11H,3,8-10H2,1-2H3,(H2,21,22,23);1H. The normalized spacial score (nSPS) is 11.8. The number of halogens is 4. The van der Waals surface area contributed by atoms with Gasteiger partial charge in [-0.05, 0) is 25.8 Å². The smallest absolute Gasteiger partial charge is 0.357 e. The van der Waals surface area contributed by atoms with Crippen LogP contribution in [0.3, 0.4) is 0 Å². The summed E-state index contributed by atoms with van der Waals surface area (Å²) in [4.78, 5) is 7.88. The summed E-state index contributed by atoms with van der Waals surface area (Å²) in [5.41, 5.74) is 1.57. The molecule has 0 aliphatic carbocycles. The quantitative estimate of drug-likeness (QED) is 0.353. The summed E-state index contributed by atoms with van der Waals surface area (Å²) >= 11 is 0.965. The highest BCUT2D eigenvalue weighted by Gasteiger charge is 2.33. The van der Waals surface area contributed by atoms with Gasteiger partial charge in [0.15, 0.2) is 11.7 Å². The molecule has 0 aliphatic heterocycles. The maximum absolute atomic E-state index is 12.6. The van der Waals surface area contributed by atoms with Crippen molar-refractivity contribution < 1.29 is 13.2 Å². The summed E-state index contributed by atoms with van der Waals surface area (Å²) < 4.78 is 37.7. The number of alkyl halides is 3. The molecule has 144 valence electrons. The maximum atomic E-state index is 12.6. The van der Waals surface area contributed by atoms with E-state index in [1.807, 2.05) is 13.8 Å². The van der Waals surface area contributed by atoms with E-state index in [1.165, 1.54) is 11.1 Å². The van der Waals surface area contributed by atoms with Crippen LogP contribution in [0.4, 0.5) is 13.2 Å². The molecule has 0 saturated heterocycles. The monoisotopic (exact) mass is 498 g/mol. The minimum atomic E-state index is -4.41. The van der Waals surface area contributed by atoms with Crippen molar-refractivity contribution in [3.63, 3.8) is 0 Å². The van der Waals surface area contributed by atoms with Crippen molar-refractivity contribution in [2.24, 2.45) is 4.99 Å². The highest BCUT2D eigenvalue weighted by Crippen LogP contribution is 2.30. The molecule has 26 heavy (non-hydrogen) atoms. The first-order valence-corrected chi connectivity index (χ1v) is 8.85. The third-order valence-corrected chi connectivity index (χ3v) is 4.22. The van der Waals surface area contributed by atoms with E-state index in [-0.39, 0.29) is 30.5 Å². The Morgan fingerprint density at radius 2 is 1.88 bits per heavy atom. The Morgan fingerprint density at radius 3 is 2.46 bits per heavy atom. The van der Waals surface area contributed by atoms with Gasteiger partial charge in [-0.3, -0.25) is 0 Å². The number of hydrogen-bond donors (Lipinski definition) is 2. The van der Waals surface area contributed by atoms with E-state index in [4.69, 9.17) is 0 Å². The molecule has 1 aromatic carbocycles. The largest absolute Gasteiger partial charge is 0.434 e. The Kier molecular flexibility index (Phi) is 9.34. The van der Waals surface area contributed by atoms with Crippen LogP contribution in [0.2, 0.25) is 0 Å². The van der Waals surface area contributed by atoms with Gasteiger partial charge in [-0.25, -0.2) is 9.98 Å². The molecule has 1 heterocycles. The van der Waals surface area contributed by atoms with Crippen LogP contribution in [0, 0.1) is 6.92 Å². The molecular formula is C17H22F3IN4S. The highest BCUT2D eigenvalue weighted by molar-refractivity contribution is 14.0. The van der Waals surface area contributed by atoms with Crippen LogP contribution in [-0.4, -0.2) is 24.0 Å². The topological polar surface area (TPSA) is 49.3 Å². The van der Waals surface area contributed by atoms with Crippen LogP contribution in [0.5, 0.6) is 0 Å². The van der Waals surface area contributed by atoms with Crippen LogP contribution in [-0.2, 0) is 19.1 Å². The number of hydrogen-bond acceptors (Lipinski definition) is 3.